The number of benzene rings is 2. The Hall–Kier alpha value is -2.68. The second-order valence-electron chi connectivity index (χ2n) is 7.56. The van der Waals surface area contributed by atoms with Crippen LogP contribution in [0.3, 0.4) is 0 Å². The van der Waals surface area contributed by atoms with Gasteiger partial charge in [0.2, 0.25) is 15.9 Å². The molecule has 1 amide bonds. The largest absolute Gasteiger partial charge is 0.497 e. The van der Waals surface area contributed by atoms with E-state index >= 15 is 0 Å². The lowest BCUT2D eigenvalue weighted by Crippen LogP contribution is -2.40. The van der Waals surface area contributed by atoms with Gasteiger partial charge in [-0.15, -0.1) is 0 Å². The van der Waals surface area contributed by atoms with Crippen molar-refractivity contribution in [3.63, 3.8) is 0 Å². The minimum absolute atomic E-state index is 0.0708. The molecule has 0 spiro atoms. The Labute approximate surface area is 182 Å². The van der Waals surface area contributed by atoms with E-state index in [1.54, 1.807) is 42.4 Å². The molecule has 0 atom stereocenters. The monoisotopic (exact) mass is 442 g/mol. The van der Waals surface area contributed by atoms with Crippen LogP contribution in [0.4, 0.5) is 0 Å². The van der Waals surface area contributed by atoms with Crippen molar-refractivity contribution >= 4 is 22.0 Å². The van der Waals surface area contributed by atoms with Crippen molar-refractivity contribution in [3.8, 4) is 5.75 Å². The van der Waals surface area contributed by atoms with E-state index in [0.717, 1.165) is 23.3 Å². The molecular weight excluding hydrogens is 416 g/mol. The van der Waals surface area contributed by atoms with Crippen LogP contribution in [0, 0.1) is 0 Å². The first-order valence-electron chi connectivity index (χ1n) is 10.3. The maximum atomic E-state index is 12.7. The number of methoxy groups -OCH3 is 1. The highest BCUT2D eigenvalue weighted by atomic mass is 32.2. The molecule has 7 nitrogen and oxygen atoms in total. The number of rotatable bonds is 5. The van der Waals surface area contributed by atoms with Gasteiger partial charge in [-0.1, -0.05) is 18.2 Å². The summed E-state index contributed by atoms with van der Waals surface area (Å²) in [5.41, 5.74) is 3.12. The lowest BCUT2D eigenvalue weighted by molar-refractivity contribution is -0.126. The maximum absolute atomic E-state index is 12.7. The van der Waals surface area contributed by atoms with Crippen LogP contribution in [0.1, 0.15) is 16.7 Å². The number of fused-ring (bicyclic) bond motifs is 1. The molecule has 0 bridgehead atoms. The van der Waals surface area contributed by atoms with Gasteiger partial charge in [0.15, 0.2) is 0 Å². The molecule has 1 fully saturated rings. The average molecular weight is 443 g/mol. The molecule has 1 saturated heterocycles. The molecule has 8 heteroatoms. The lowest BCUT2D eigenvalue weighted by Gasteiger charge is -2.28. The fraction of sp³-hybridized carbons (Fsp3) is 0.348. The highest BCUT2D eigenvalue weighted by molar-refractivity contribution is 7.89. The van der Waals surface area contributed by atoms with Gasteiger partial charge in [0.05, 0.1) is 25.2 Å². The van der Waals surface area contributed by atoms with Crippen molar-refractivity contribution in [1.82, 2.24) is 9.21 Å². The predicted molar refractivity (Wildman–Crippen MR) is 117 cm³/mol. The smallest absolute Gasteiger partial charge is 0.246 e. The summed E-state index contributed by atoms with van der Waals surface area (Å²) in [6.45, 7) is 2.77. The van der Waals surface area contributed by atoms with Gasteiger partial charge >= 0.3 is 0 Å². The third-order valence-electron chi connectivity index (χ3n) is 5.64. The normalized spacial score (nSPS) is 17.5. The highest BCUT2D eigenvalue weighted by Crippen LogP contribution is 2.24. The van der Waals surface area contributed by atoms with Crippen LogP contribution in [0.2, 0.25) is 0 Å². The van der Waals surface area contributed by atoms with E-state index in [2.05, 4.69) is 6.07 Å². The first-order valence-corrected chi connectivity index (χ1v) is 11.7. The summed E-state index contributed by atoms with van der Waals surface area (Å²) in [6.07, 6.45) is 4.07. The fourth-order valence-corrected chi connectivity index (χ4v) is 5.22. The highest BCUT2D eigenvalue weighted by Gasteiger charge is 2.26. The van der Waals surface area contributed by atoms with Crippen molar-refractivity contribution in [2.75, 3.05) is 40.0 Å². The topological polar surface area (TPSA) is 76.2 Å². The quantitative estimate of drug-likeness (QED) is 0.665. The average Bonchev–Trinajstić information content (AvgIpc) is 2.82. The first-order chi connectivity index (χ1) is 15.0. The van der Waals surface area contributed by atoms with Crippen LogP contribution in [-0.4, -0.2) is 63.5 Å². The molecule has 0 N–H and O–H groups in total. The van der Waals surface area contributed by atoms with Crippen LogP contribution < -0.4 is 4.74 Å². The molecule has 0 radical (unpaired) electrons. The van der Waals surface area contributed by atoms with E-state index in [1.165, 1.54) is 15.9 Å². The fourth-order valence-electron chi connectivity index (χ4n) is 3.81. The van der Waals surface area contributed by atoms with Gasteiger partial charge in [0.1, 0.15) is 5.75 Å². The van der Waals surface area contributed by atoms with Crippen molar-refractivity contribution in [2.45, 2.75) is 17.9 Å². The SMILES string of the molecule is COc1ccc2c(c1)CN(C(=O)/C=C/c1ccc(S(=O)(=O)N3CCOCC3)cc1)CC2. The number of carbonyl (C=O) groups excluding carboxylic acids is 1. The molecule has 0 saturated carbocycles. The van der Waals surface area contributed by atoms with Crippen molar-refractivity contribution in [2.24, 2.45) is 0 Å². The van der Waals surface area contributed by atoms with Gasteiger partial charge in [-0.2, -0.15) is 4.31 Å². The third-order valence-corrected chi connectivity index (χ3v) is 7.56. The van der Waals surface area contributed by atoms with E-state index in [1.807, 2.05) is 12.1 Å². The van der Waals surface area contributed by atoms with E-state index in [4.69, 9.17) is 9.47 Å². The second-order valence-corrected chi connectivity index (χ2v) is 9.50. The van der Waals surface area contributed by atoms with Gasteiger partial charge in [0.25, 0.3) is 0 Å². The number of hydrogen-bond acceptors (Lipinski definition) is 5. The number of nitrogens with zero attached hydrogens (tertiary/aromatic N) is 2. The Kier molecular flexibility index (Phi) is 6.41. The summed E-state index contributed by atoms with van der Waals surface area (Å²) in [5, 5.41) is 0. The molecule has 2 aromatic carbocycles. The molecule has 2 aliphatic rings. The van der Waals surface area contributed by atoms with Crippen LogP contribution in [0.5, 0.6) is 5.75 Å². The molecule has 0 aromatic heterocycles. The Balaban J connectivity index is 1.41. The molecule has 0 unspecified atom stereocenters. The number of ether oxygens (including phenoxy) is 2. The Morgan fingerprint density at radius 2 is 1.77 bits per heavy atom. The molecule has 31 heavy (non-hydrogen) atoms. The van der Waals surface area contributed by atoms with E-state index < -0.39 is 10.0 Å². The van der Waals surface area contributed by atoms with Gasteiger partial charge < -0.3 is 14.4 Å². The summed E-state index contributed by atoms with van der Waals surface area (Å²) < 4.78 is 37.4. The van der Waals surface area contributed by atoms with Gasteiger partial charge in [0, 0.05) is 32.3 Å². The summed E-state index contributed by atoms with van der Waals surface area (Å²) >= 11 is 0. The molecule has 4 rings (SSSR count). The Morgan fingerprint density at radius 3 is 2.48 bits per heavy atom. The zero-order valence-corrected chi connectivity index (χ0v) is 18.3. The van der Waals surface area contributed by atoms with Gasteiger partial charge in [-0.25, -0.2) is 8.42 Å². The van der Waals surface area contributed by atoms with Crippen LogP contribution in [0.15, 0.2) is 53.4 Å². The minimum atomic E-state index is -3.52. The summed E-state index contributed by atoms with van der Waals surface area (Å²) in [6, 6.07) is 12.6. The van der Waals surface area contributed by atoms with Crippen molar-refractivity contribution in [3.05, 3.63) is 65.2 Å². The van der Waals surface area contributed by atoms with Gasteiger partial charge in [-0.3, -0.25) is 4.79 Å². The third kappa shape index (κ3) is 4.81. The van der Waals surface area contributed by atoms with E-state index in [0.29, 0.717) is 39.4 Å². The minimum Gasteiger partial charge on any atom is -0.497 e. The van der Waals surface area contributed by atoms with E-state index in [9.17, 15) is 13.2 Å². The van der Waals surface area contributed by atoms with Crippen LogP contribution in [0.25, 0.3) is 6.08 Å². The first kappa shape index (κ1) is 21.5. The number of morpholine rings is 1. The number of hydrogen-bond donors (Lipinski definition) is 0. The summed E-state index contributed by atoms with van der Waals surface area (Å²) in [4.78, 5) is 14.7. The van der Waals surface area contributed by atoms with Crippen molar-refractivity contribution in [1.29, 1.82) is 0 Å². The molecule has 2 heterocycles. The Bertz CT molecular complexity index is 1070. The summed E-state index contributed by atoms with van der Waals surface area (Å²) in [5.74, 6) is 0.717. The molecular formula is C23H26N2O5S. The second kappa shape index (κ2) is 9.21. The standard InChI is InChI=1S/C23H26N2O5S/c1-29-21-6-5-19-10-11-24(17-20(19)16-21)23(26)9-4-18-2-7-22(8-3-18)31(27,28)25-12-14-30-15-13-25/h2-9,16H,10-15,17H2,1H3/b9-4+. The zero-order valence-electron chi connectivity index (χ0n) is 17.5. The zero-order chi connectivity index (χ0) is 21.8. The lowest BCUT2D eigenvalue weighted by atomic mass is 9.99. The number of amides is 1. The summed E-state index contributed by atoms with van der Waals surface area (Å²) in [7, 11) is -1.88. The molecule has 2 aliphatic heterocycles. The van der Waals surface area contributed by atoms with Crippen molar-refractivity contribution < 1.29 is 22.7 Å². The predicted octanol–water partition coefficient (Wildman–Crippen LogP) is 2.31. The Morgan fingerprint density at radius 1 is 1.03 bits per heavy atom. The molecule has 2 aromatic rings. The van der Waals surface area contributed by atoms with Crippen LogP contribution in [-0.2, 0) is 32.5 Å². The number of carbonyl (C=O) groups is 1. The molecule has 164 valence electrons. The van der Waals surface area contributed by atoms with Gasteiger partial charge in [-0.05, 0) is 53.5 Å². The number of sulfonamides is 1. The maximum Gasteiger partial charge on any atom is 0.246 e. The molecule has 0 aliphatic carbocycles. The van der Waals surface area contributed by atoms with Crippen LogP contribution >= 0.6 is 0 Å². The van der Waals surface area contributed by atoms with E-state index in [-0.39, 0.29) is 10.8 Å².